The number of amides is 1. The maximum atomic E-state index is 11.5. The van der Waals surface area contributed by atoms with Crippen LogP contribution in [0, 0.1) is 0 Å². The highest BCUT2D eigenvalue weighted by Gasteiger charge is 2.16. The highest BCUT2D eigenvalue weighted by atomic mass is 16.5. The lowest BCUT2D eigenvalue weighted by atomic mass is 10.3. The number of carbonyl (C=O) groups is 2. The zero-order chi connectivity index (χ0) is 12.8. The fraction of sp³-hybridized carbons (Fsp3) is 0.500. The summed E-state index contributed by atoms with van der Waals surface area (Å²) in [6, 6.07) is 1.07. The number of hydrogen-bond acceptors (Lipinski definition) is 5. The minimum atomic E-state index is -1.26. The molecule has 1 heterocycles. The predicted octanol–water partition coefficient (Wildman–Crippen LogP) is 0.528. The Morgan fingerprint density at radius 1 is 1.65 bits per heavy atom. The zero-order valence-corrected chi connectivity index (χ0v) is 9.60. The van der Waals surface area contributed by atoms with Crippen LogP contribution in [0.15, 0.2) is 10.6 Å². The Morgan fingerprint density at radius 3 is 2.88 bits per heavy atom. The van der Waals surface area contributed by atoms with Crippen molar-refractivity contribution in [1.82, 2.24) is 10.5 Å². The largest absolute Gasteiger partial charge is 0.475 e. The number of rotatable bonds is 6. The number of ether oxygens (including phenoxy) is 1. The zero-order valence-electron chi connectivity index (χ0n) is 9.60. The third-order valence-corrected chi connectivity index (χ3v) is 1.95. The van der Waals surface area contributed by atoms with E-state index in [1.807, 2.05) is 13.8 Å². The molecule has 1 rings (SSSR count). The first-order chi connectivity index (χ1) is 8.04. The summed E-state index contributed by atoms with van der Waals surface area (Å²) in [6.07, 6.45) is -0.116. The fourth-order valence-corrected chi connectivity index (χ4v) is 1.15. The van der Waals surface area contributed by atoms with Crippen molar-refractivity contribution in [3.63, 3.8) is 0 Å². The van der Waals surface area contributed by atoms with Gasteiger partial charge >= 0.3 is 5.97 Å². The molecule has 0 radical (unpaired) electrons. The molecule has 0 bridgehead atoms. The Hall–Kier alpha value is -1.89. The molecule has 0 spiro atoms. The molecule has 0 aliphatic heterocycles. The average Bonchev–Trinajstić information content (AvgIpc) is 2.75. The van der Waals surface area contributed by atoms with Gasteiger partial charge in [0.15, 0.2) is 5.69 Å². The van der Waals surface area contributed by atoms with Gasteiger partial charge in [0.1, 0.15) is 0 Å². The average molecular weight is 242 g/mol. The van der Waals surface area contributed by atoms with Crippen LogP contribution in [0.1, 0.15) is 34.9 Å². The number of carbonyl (C=O) groups excluding carboxylic acids is 1. The highest BCUT2D eigenvalue weighted by molar-refractivity contribution is 5.94. The summed E-state index contributed by atoms with van der Waals surface area (Å²) in [5.41, 5.74) is -0.0638. The lowest BCUT2D eigenvalue weighted by Gasteiger charge is -2.11. The Morgan fingerprint density at radius 2 is 2.35 bits per heavy atom. The lowest BCUT2D eigenvalue weighted by molar-refractivity contribution is 0.0650. The van der Waals surface area contributed by atoms with E-state index in [1.165, 1.54) is 0 Å². The third-order valence-electron chi connectivity index (χ3n) is 1.95. The Balaban J connectivity index is 2.49. The second-order valence-corrected chi connectivity index (χ2v) is 3.36. The molecule has 1 aromatic heterocycles. The summed E-state index contributed by atoms with van der Waals surface area (Å²) in [7, 11) is 0. The molecule has 0 aromatic carbocycles. The number of nitrogens with one attached hydrogen (secondary N) is 1. The first-order valence-corrected chi connectivity index (χ1v) is 5.14. The second kappa shape index (κ2) is 6.00. The van der Waals surface area contributed by atoms with E-state index in [0.29, 0.717) is 13.2 Å². The maximum Gasteiger partial charge on any atom is 0.374 e. The van der Waals surface area contributed by atoms with Gasteiger partial charge in [-0.2, -0.15) is 0 Å². The fourth-order valence-electron chi connectivity index (χ4n) is 1.15. The van der Waals surface area contributed by atoms with Crippen molar-refractivity contribution < 1.29 is 24.0 Å². The number of aromatic nitrogens is 1. The standard InChI is InChI=1S/C10H14N2O5/c1-3-16-6(2)5-11-9(13)7-4-8(10(14)15)17-12-7/h4,6H,3,5H2,1-2H3,(H,11,13)(H,14,15). The van der Waals surface area contributed by atoms with Crippen LogP contribution in [0.25, 0.3) is 0 Å². The normalized spacial score (nSPS) is 12.1. The molecule has 1 aromatic rings. The second-order valence-electron chi connectivity index (χ2n) is 3.36. The van der Waals surface area contributed by atoms with Gasteiger partial charge in [0, 0.05) is 19.2 Å². The molecular formula is C10H14N2O5. The summed E-state index contributed by atoms with van der Waals surface area (Å²) >= 11 is 0. The summed E-state index contributed by atoms with van der Waals surface area (Å²) in [6.45, 7) is 4.55. The third kappa shape index (κ3) is 3.87. The monoisotopic (exact) mass is 242 g/mol. The molecule has 17 heavy (non-hydrogen) atoms. The highest BCUT2D eigenvalue weighted by Crippen LogP contribution is 2.03. The van der Waals surface area contributed by atoms with Gasteiger partial charge in [0.05, 0.1) is 6.10 Å². The van der Waals surface area contributed by atoms with Gasteiger partial charge < -0.3 is 19.7 Å². The summed E-state index contributed by atoms with van der Waals surface area (Å²) < 4.78 is 9.68. The Labute approximate surface area is 97.7 Å². The molecule has 2 N–H and O–H groups in total. The van der Waals surface area contributed by atoms with E-state index >= 15 is 0 Å². The minimum Gasteiger partial charge on any atom is -0.475 e. The van der Waals surface area contributed by atoms with Crippen LogP contribution in [0.3, 0.4) is 0 Å². The van der Waals surface area contributed by atoms with Gasteiger partial charge in [-0.15, -0.1) is 0 Å². The molecule has 0 saturated carbocycles. The molecule has 1 atom stereocenters. The van der Waals surface area contributed by atoms with Gasteiger partial charge in [0.25, 0.3) is 5.91 Å². The van der Waals surface area contributed by atoms with E-state index in [9.17, 15) is 9.59 Å². The van der Waals surface area contributed by atoms with Crippen LogP contribution in [0.4, 0.5) is 0 Å². The SMILES string of the molecule is CCOC(C)CNC(=O)c1cc(C(=O)O)on1. The van der Waals surface area contributed by atoms with Gasteiger partial charge in [-0.25, -0.2) is 4.79 Å². The number of nitrogens with zero attached hydrogens (tertiary/aromatic N) is 1. The van der Waals surface area contributed by atoms with Gasteiger partial charge in [0.2, 0.25) is 5.76 Å². The van der Waals surface area contributed by atoms with Crippen molar-refractivity contribution in [1.29, 1.82) is 0 Å². The van der Waals surface area contributed by atoms with Crippen LogP contribution in [-0.2, 0) is 4.74 Å². The number of carboxylic acid groups (broad SMARTS) is 1. The molecule has 7 heteroatoms. The van der Waals surface area contributed by atoms with E-state index in [-0.39, 0.29) is 17.6 Å². The van der Waals surface area contributed by atoms with Crippen molar-refractivity contribution in [3.8, 4) is 0 Å². The molecule has 94 valence electrons. The number of hydrogen-bond donors (Lipinski definition) is 2. The molecule has 0 aliphatic rings. The predicted molar refractivity (Wildman–Crippen MR) is 56.9 cm³/mol. The van der Waals surface area contributed by atoms with Crippen molar-refractivity contribution >= 4 is 11.9 Å². The summed E-state index contributed by atoms with van der Waals surface area (Å²) in [5.74, 6) is -2.12. The van der Waals surface area contributed by atoms with Crippen LogP contribution in [0.2, 0.25) is 0 Å². The van der Waals surface area contributed by atoms with Crippen LogP contribution < -0.4 is 5.32 Å². The van der Waals surface area contributed by atoms with Gasteiger partial charge in [-0.1, -0.05) is 5.16 Å². The molecular weight excluding hydrogens is 228 g/mol. The van der Waals surface area contributed by atoms with Crippen molar-refractivity contribution in [3.05, 3.63) is 17.5 Å². The Kier molecular flexibility index (Phi) is 4.65. The molecule has 1 amide bonds. The van der Waals surface area contributed by atoms with Crippen molar-refractivity contribution in [2.24, 2.45) is 0 Å². The van der Waals surface area contributed by atoms with Crippen LogP contribution in [-0.4, -0.2) is 41.4 Å². The van der Waals surface area contributed by atoms with Crippen molar-refractivity contribution in [2.45, 2.75) is 20.0 Å². The molecule has 0 aliphatic carbocycles. The van der Waals surface area contributed by atoms with E-state index in [1.54, 1.807) is 0 Å². The Bertz CT molecular complexity index is 401. The topological polar surface area (TPSA) is 102 Å². The van der Waals surface area contributed by atoms with E-state index in [4.69, 9.17) is 9.84 Å². The number of carboxylic acids is 1. The first-order valence-electron chi connectivity index (χ1n) is 5.14. The summed E-state index contributed by atoms with van der Waals surface area (Å²) in [4.78, 5) is 22.0. The maximum absolute atomic E-state index is 11.5. The quantitative estimate of drug-likeness (QED) is 0.754. The lowest BCUT2D eigenvalue weighted by Crippen LogP contribution is -2.32. The van der Waals surface area contributed by atoms with E-state index < -0.39 is 11.9 Å². The van der Waals surface area contributed by atoms with Crippen molar-refractivity contribution in [2.75, 3.05) is 13.2 Å². The first kappa shape index (κ1) is 13.2. The van der Waals surface area contributed by atoms with E-state index in [2.05, 4.69) is 15.0 Å². The van der Waals surface area contributed by atoms with Crippen LogP contribution in [0.5, 0.6) is 0 Å². The molecule has 0 fully saturated rings. The summed E-state index contributed by atoms with van der Waals surface area (Å²) in [5, 5.41) is 14.5. The van der Waals surface area contributed by atoms with Crippen LogP contribution >= 0.6 is 0 Å². The minimum absolute atomic E-state index is 0.0638. The molecule has 1 unspecified atom stereocenters. The van der Waals surface area contributed by atoms with Gasteiger partial charge in [-0.3, -0.25) is 4.79 Å². The number of aromatic carboxylic acids is 1. The molecule has 0 saturated heterocycles. The smallest absolute Gasteiger partial charge is 0.374 e. The van der Waals surface area contributed by atoms with Gasteiger partial charge in [-0.05, 0) is 13.8 Å². The molecule has 7 nitrogen and oxygen atoms in total. The van der Waals surface area contributed by atoms with E-state index in [0.717, 1.165) is 6.07 Å².